The van der Waals surface area contributed by atoms with Crippen molar-refractivity contribution in [3.8, 4) is 0 Å². The summed E-state index contributed by atoms with van der Waals surface area (Å²) in [5.74, 6) is -0.224. The van der Waals surface area contributed by atoms with Gasteiger partial charge in [0.2, 0.25) is 0 Å². The smallest absolute Gasteiger partial charge is 0.305 e. The van der Waals surface area contributed by atoms with E-state index in [1.807, 2.05) is 18.2 Å². The SMILES string of the molecule is COC(=O)CCC(N)Cc1ccc(Cl)c(Br)c1. The van der Waals surface area contributed by atoms with Gasteiger partial charge in [-0.05, 0) is 46.5 Å². The van der Waals surface area contributed by atoms with Crippen LogP contribution >= 0.6 is 27.5 Å². The van der Waals surface area contributed by atoms with E-state index >= 15 is 0 Å². The van der Waals surface area contributed by atoms with E-state index in [1.54, 1.807) is 0 Å². The number of halogens is 2. The molecule has 1 rings (SSSR count). The third kappa shape index (κ3) is 5.06. The summed E-state index contributed by atoms with van der Waals surface area (Å²) >= 11 is 9.26. The molecule has 0 aliphatic rings. The molecule has 0 spiro atoms. The zero-order valence-corrected chi connectivity index (χ0v) is 11.9. The third-order valence-electron chi connectivity index (χ3n) is 2.43. The summed E-state index contributed by atoms with van der Waals surface area (Å²) in [6.45, 7) is 0. The molecule has 17 heavy (non-hydrogen) atoms. The Kier molecular flexibility index (Phi) is 5.95. The maximum absolute atomic E-state index is 11.0. The number of hydrogen-bond donors (Lipinski definition) is 1. The van der Waals surface area contributed by atoms with Crippen LogP contribution < -0.4 is 5.73 Å². The van der Waals surface area contributed by atoms with Gasteiger partial charge in [-0.1, -0.05) is 17.7 Å². The molecular weight excluding hydrogens is 305 g/mol. The molecule has 0 radical (unpaired) electrons. The Balaban J connectivity index is 2.47. The van der Waals surface area contributed by atoms with Gasteiger partial charge >= 0.3 is 5.97 Å². The topological polar surface area (TPSA) is 52.3 Å². The fraction of sp³-hybridized carbons (Fsp3) is 0.417. The molecule has 0 heterocycles. The first kappa shape index (κ1) is 14.5. The zero-order chi connectivity index (χ0) is 12.8. The molecule has 3 nitrogen and oxygen atoms in total. The van der Waals surface area contributed by atoms with Crippen LogP contribution in [0.15, 0.2) is 22.7 Å². The summed E-state index contributed by atoms with van der Waals surface area (Å²) in [6, 6.07) is 5.65. The molecule has 0 saturated heterocycles. The van der Waals surface area contributed by atoms with Crippen molar-refractivity contribution in [2.45, 2.75) is 25.3 Å². The number of ether oxygens (including phenoxy) is 1. The fourth-order valence-electron chi connectivity index (χ4n) is 1.48. The second-order valence-electron chi connectivity index (χ2n) is 3.83. The minimum atomic E-state index is -0.224. The van der Waals surface area contributed by atoms with Crippen LogP contribution in [0.3, 0.4) is 0 Å². The molecule has 0 aromatic heterocycles. The summed E-state index contributed by atoms with van der Waals surface area (Å²) in [5, 5.41) is 0.678. The van der Waals surface area contributed by atoms with Gasteiger partial charge < -0.3 is 10.5 Å². The van der Waals surface area contributed by atoms with Gasteiger partial charge in [-0.3, -0.25) is 4.79 Å². The Hall–Kier alpha value is -0.580. The van der Waals surface area contributed by atoms with Crippen molar-refractivity contribution in [2.75, 3.05) is 7.11 Å². The maximum atomic E-state index is 11.0. The predicted molar refractivity (Wildman–Crippen MR) is 72.1 cm³/mol. The summed E-state index contributed by atoms with van der Waals surface area (Å²) < 4.78 is 5.42. The minimum absolute atomic E-state index is 0.0535. The fourth-order valence-corrected chi connectivity index (χ4v) is 2.02. The lowest BCUT2D eigenvalue weighted by Crippen LogP contribution is -2.24. The Morgan fingerprint density at radius 1 is 1.59 bits per heavy atom. The van der Waals surface area contributed by atoms with Gasteiger partial charge in [0.25, 0.3) is 0 Å². The van der Waals surface area contributed by atoms with Crippen LogP contribution in [0, 0.1) is 0 Å². The maximum Gasteiger partial charge on any atom is 0.305 e. The second kappa shape index (κ2) is 6.99. The van der Waals surface area contributed by atoms with Gasteiger partial charge in [-0.25, -0.2) is 0 Å². The van der Waals surface area contributed by atoms with Gasteiger partial charge in [-0.15, -0.1) is 0 Å². The van der Waals surface area contributed by atoms with Gasteiger partial charge in [0, 0.05) is 16.9 Å². The van der Waals surface area contributed by atoms with Crippen molar-refractivity contribution in [3.05, 3.63) is 33.3 Å². The van der Waals surface area contributed by atoms with Crippen LogP contribution in [0.5, 0.6) is 0 Å². The highest BCUT2D eigenvalue weighted by Gasteiger charge is 2.09. The van der Waals surface area contributed by atoms with Crippen molar-refractivity contribution in [1.29, 1.82) is 0 Å². The lowest BCUT2D eigenvalue weighted by molar-refractivity contribution is -0.140. The molecule has 0 fully saturated rings. The van der Waals surface area contributed by atoms with Crippen molar-refractivity contribution < 1.29 is 9.53 Å². The number of methoxy groups -OCH3 is 1. The first-order chi connectivity index (χ1) is 8.02. The van der Waals surface area contributed by atoms with Gasteiger partial charge in [0.05, 0.1) is 12.1 Å². The van der Waals surface area contributed by atoms with Crippen LogP contribution in [-0.2, 0) is 16.0 Å². The van der Waals surface area contributed by atoms with E-state index in [-0.39, 0.29) is 12.0 Å². The van der Waals surface area contributed by atoms with Gasteiger partial charge in [0.15, 0.2) is 0 Å². The van der Waals surface area contributed by atoms with E-state index in [0.29, 0.717) is 24.3 Å². The number of nitrogens with two attached hydrogens (primary N) is 1. The highest BCUT2D eigenvalue weighted by Crippen LogP contribution is 2.23. The molecule has 1 aromatic carbocycles. The minimum Gasteiger partial charge on any atom is -0.469 e. The van der Waals surface area contributed by atoms with Crippen LogP contribution in [-0.4, -0.2) is 19.1 Å². The molecule has 5 heteroatoms. The molecule has 1 unspecified atom stereocenters. The second-order valence-corrected chi connectivity index (χ2v) is 5.09. The standard InChI is InChI=1S/C12H15BrClNO2/c1-17-12(16)5-3-9(15)6-8-2-4-11(14)10(13)7-8/h2,4,7,9H,3,5-6,15H2,1H3. The van der Waals surface area contributed by atoms with E-state index in [2.05, 4.69) is 20.7 Å². The summed E-state index contributed by atoms with van der Waals surface area (Å²) in [5.41, 5.74) is 7.04. The van der Waals surface area contributed by atoms with Crippen LogP contribution in [0.2, 0.25) is 5.02 Å². The van der Waals surface area contributed by atoms with E-state index in [1.165, 1.54) is 7.11 Å². The summed E-state index contributed by atoms with van der Waals surface area (Å²) in [6.07, 6.45) is 1.69. The molecule has 0 bridgehead atoms. The normalized spacial score (nSPS) is 12.2. The molecule has 0 aliphatic carbocycles. The molecule has 0 aliphatic heterocycles. The largest absolute Gasteiger partial charge is 0.469 e. The molecule has 0 saturated carbocycles. The summed E-state index contributed by atoms with van der Waals surface area (Å²) in [7, 11) is 1.38. The monoisotopic (exact) mass is 319 g/mol. The molecular formula is C12H15BrClNO2. The number of carbonyl (C=O) groups excluding carboxylic acids is 1. The number of carbonyl (C=O) groups is 1. The first-order valence-corrected chi connectivity index (χ1v) is 6.46. The lowest BCUT2D eigenvalue weighted by atomic mass is 10.0. The molecule has 1 aromatic rings. The van der Waals surface area contributed by atoms with E-state index < -0.39 is 0 Å². The Bertz CT molecular complexity index is 398. The molecule has 0 amide bonds. The van der Waals surface area contributed by atoms with E-state index in [4.69, 9.17) is 17.3 Å². The highest BCUT2D eigenvalue weighted by molar-refractivity contribution is 9.10. The Morgan fingerprint density at radius 3 is 2.88 bits per heavy atom. The molecule has 94 valence electrons. The van der Waals surface area contributed by atoms with E-state index in [0.717, 1.165) is 10.0 Å². The average molecular weight is 321 g/mol. The number of esters is 1. The predicted octanol–water partition coefficient (Wildman–Crippen LogP) is 2.93. The molecule has 2 N–H and O–H groups in total. The van der Waals surface area contributed by atoms with Crippen LogP contribution in [0.25, 0.3) is 0 Å². The Morgan fingerprint density at radius 2 is 2.29 bits per heavy atom. The number of hydrogen-bond acceptors (Lipinski definition) is 3. The van der Waals surface area contributed by atoms with Gasteiger partial charge in [0.1, 0.15) is 0 Å². The van der Waals surface area contributed by atoms with Crippen LogP contribution in [0.4, 0.5) is 0 Å². The zero-order valence-electron chi connectivity index (χ0n) is 9.58. The number of rotatable bonds is 5. The van der Waals surface area contributed by atoms with Crippen molar-refractivity contribution >= 4 is 33.5 Å². The van der Waals surface area contributed by atoms with Crippen molar-refractivity contribution in [2.24, 2.45) is 5.73 Å². The quantitative estimate of drug-likeness (QED) is 0.849. The van der Waals surface area contributed by atoms with Crippen molar-refractivity contribution in [3.63, 3.8) is 0 Å². The van der Waals surface area contributed by atoms with Crippen LogP contribution in [0.1, 0.15) is 18.4 Å². The van der Waals surface area contributed by atoms with Gasteiger partial charge in [-0.2, -0.15) is 0 Å². The van der Waals surface area contributed by atoms with E-state index in [9.17, 15) is 4.79 Å². The lowest BCUT2D eigenvalue weighted by Gasteiger charge is -2.11. The summed E-state index contributed by atoms with van der Waals surface area (Å²) in [4.78, 5) is 11.0. The average Bonchev–Trinajstić information content (AvgIpc) is 2.31. The number of benzene rings is 1. The highest BCUT2D eigenvalue weighted by atomic mass is 79.9. The Labute approximate surface area is 114 Å². The first-order valence-electron chi connectivity index (χ1n) is 5.29. The van der Waals surface area contributed by atoms with Crippen molar-refractivity contribution in [1.82, 2.24) is 0 Å². The molecule has 1 atom stereocenters. The third-order valence-corrected chi connectivity index (χ3v) is 3.64.